The van der Waals surface area contributed by atoms with Crippen LogP contribution in [0.4, 0.5) is 0 Å². The van der Waals surface area contributed by atoms with Gasteiger partial charge in [-0.25, -0.2) is 0 Å². The van der Waals surface area contributed by atoms with Crippen molar-refractivity contribution in [3.8, 4) is 0 Å². The molecule has 0 saturated carbocycles. The molecule has 84 valence electrons. The number of rotatable bonds is 7. The van der Waals surface area contributed by atoms with E-state index in [2.05, 4.69) is 6.92 Å². The third kappa shape index (κ3) is 4.77. The summed E-state index contributed by atoms with van der Waals surface area (Å²) in [6, 6.07) is 0. The van der Waals surface area contributed by atoms with E-state index in [-0.39, 0.29) is 6.16 Å². The van der Waals surface area contributed by atoms with Gasteiger partial charge in [0.25, 0.3) is 0 Å². The van der Waals surface area contributed by atoms with Crippen LogP contribution >= 0.6 is 7.37 Å². The molecular weight excluding hydrogens is 203 g/mol. The Labute approximate surface area is 84.8 Å². The summed E-state index contributed by atoms with van der Waals surface area (Å²) in [4.78, 5) is 19.9. The molecule has 2 N–H and O–H groups in total. The second-order valence-electron chi connectivity index (χ2n) is 3.55. The van der Waals surface area contributed by atoms with Crippen LogP contribution in [0.5, 0.6) is 0 Å². The molecule has 2 atom stereocenters. The van der Waals surface area contributed by atoms with Crippen molar-refractivity contribution in [1.29, 1.82) is 0 Å². The fourth-order valence-corrected chi connectivity index (χ4v) is 2.54. The first kappa shape index (κ1) is 13.7. The molecule has 0 saturated heterocycles. The average Bonchev–Trinajstić information content (AvgIpc) is 2.11. The molecule has 0 aliphatic carbocycles. The van der Waals surface area contributed by atoms with Crippen LogP contribution in [0.15, 0.2) is 0 Å². The number of aliphatic carboxylic acids is 1. The summed E-state index contributed by atoms with van der Waals surface area (Å²) in [5.74, 6) is -1.19. The van der Waals surface area contributed by atoms with Crippen molar-refractivity contribution < 1.29 is 19.4 Å². The molecule has 0 rings (SSSR count). The van der Waals surface area contributed by atoms with E-state index in [1.807, 2.05) is 0 Å². The lowest BCUT2D eigenvalue weighted by molar-refractivity contribution is -0.136. The predicted octanol–water partition coefficient (Wildman–Crippen LogP) is 2.31. The van der Waals surface area contributed by atoms with E-state index in [0.717, 1.165) is 19.3 Å². The SMILES string of the molecule is CCCCCCP(=O)(O)C(C)C(=O)O. The first-order chi connectivity index (χ1) is 6.41. The molecule has 0 aromatic rings. The van der Waals surface area contributed by atoms with Gasteiger partial charge in [-0.05, 0) is 13.3 Å². The minimum absolute atomic E-state index is 0.125. The largest absolute Gasteiger partial charge is 0.481 e. The Morgan fingerprint density at radius 1 is 1.36 bits per heavy atom. The minimum atomic E-state index is -3.48. The molecule has 0 aromatic heterocycles. The quantitative estimate of drug-likeness (QED) is 0.512. The first-order valence-corrected chi connectivity index (χ1v) is 6.87. The Morgan fingerprint density at radius 3 is 2.36 bits per heavy atom. The number of carbonyl (C=O) groups is 1. The molecule has 0 bridgehead atoms. The van der Waals surface area contributed by atoms with Crippen LogP contribution in [0.1, 0.15) is 39.5 Å². The van der Waals surface area contributed by atoms with Crippen LogP contribution in [0, 0.1) is 0 Å². The van der Waals surface area contributed by atoms with Crippen molar-refractivity contribution in [3.63, 3.8) is 0 Å². The van der Waals surface area contributed by atoms with Crippen molar-refractivity contribution in [2.75, 3.05) is 6.16 Å². The average molecular weight is 222 g/mol. The van der Waals surface area contributed by atoms with Gasteiger partial charge in [0.1, 0.15) is 5.66 Å². The van der Waals surface area contributed by atoms with Gasteiger partial charge in [0.05, 0.1) is 0 Å². The zero-order valence-electron chi connectivity index (χ0n) is 8.77. The lowest BCUT2D eigenvalue weighted by Gasteiger charge is -2.15. The summed E-state index contributed by atoms with van der Waals surface area (Å²) in [7, 11) is -3.48. The summed E-state index contributed by atoms with van der Waals surface area (Å²) in [6.07, 6.45) is 3.75. The molecule has 5 heteroatoms. The Balaban J connectivity index is 3.95. The van der Waals surface area contributed by atoms with Gasteiger partial charge < -0.3 is 10.00 Å². The topological polar surface area (TPSA) is 74.6 Å². The van der Waals surface area contributed by atoms with Gasteiger partial charge in [-0.2, -0.15) is 0 Å². The number of unbranched alkanes of at least 4 members (excludes halogenated alkanes) is 3. The van der Waals surface area contributed by atoms with Crippen molar-refractivity contribution in [2.24, 2.45) is 0 Å². The number of carboxylic acid groups (broad SMARTS) is 1. The zero-order chi connectivity index (χ0) is 11.2. The predicted molar refractivity (Wildman–Crippen MR) is 55.9 cm³/mol. The van der Waals surface area contributed by atoms with Gasteiger partial charge in [-0.1, -0.05) is 26.2 Å². The van der Waals surface area contributed by atoms with E-state index < -0.39 is 19.0 Å². The van der Waals surface area contributed by atoms with Gasteiger partial charge >= 0.3 is 5.97 Å². The van der Waals surface area contributed by atoms with Gasteiger partial charge in [-0.15, -0.1) is 0 Å². The van der Waals surface area contributed by atoms with Gasteiger partial charge in [0, 0.05) is 6.16 Å². The highest BCUT2D eigenvalue weighted by Gasteiger charge is 2.31. The van der Waals surface area contributed by atoms with Gasteiger partial charge in [0.2, 0.25) is 7.37 Å². The van der Waals surface area contributed by atoms with Crippen molar-refractivity contribution in [2.45, 2.75) is 45.2 Å². The van der Waals surface area contributed by atoms with Crippen LogP contribution in [-0.2, 0) is 9.36 Å². The molecule has 0 spiro atoms. The Bertz CT molecular complexity index is 227. The standard InChI is InChI=1S/C9H19O4P/c1-3-4-5-6-7-14(12,13)8(2)9(10)11/h8H,3-7H2,1-2H3,(H,10,11)(H,12,13). The first-order valence-electron chi connectivity index (χ1n) is 4.96. The molecule has 0 fully saturated rings. The maximum Gasteiger partial charge on any atom is 0.316 e. The van der Waals surface area contributed by atoms with E-state index in [9.17, 15) is 14.3 Å². The molecule has 0 aromatic carbocycles. The minimum Gasteiger partial charge on any atom is -0.481 e. The number of hydrogen-bond acceptors (Lipinski definition) is 2. The van der Waals surface area contributed by atoms with E-state index >= 15 is 0 Å². The van der Waals surface area contributed by atoms with Crippen LogP contribution in [0.2, 0.25) is 0 Å². The lowest BCUT2D eigenvalue weighted by Crippen LogP contribution is -2.17. The molecule has 0 radical (unpaired) electrons. The zero-order valence-corrected chi connectivity index (χ0v) is 9.67. The van der Waals surface area contributed by atoms with Crippen molar-refractivity contribution in [3.05, 3.63) is 0 Å². The second kappa shape index (κ2) is 6.20. The van der Waals surface area contributed by atoms with Crippen LogP contribution < -0.4 is 0 Å². The molecule has 0 aliphatic heterocycles. The van der Waals surface area contributed by atoms with E-state index in [0.29, 0.717) is 6.42 Å². The molecule has 0 amide bonds. The number of carboxylic acids is 1. The molecule has 0 heterocycles. The Morgan fingerprint density at radius 2 is 1.93 bits per heavy atom. The molecule has 14 heavy (non-hydrogen) atoms. The van der Waals surface area contributed by atoms with Crippen LogP contribution in [0.25, 0.3) is 0 Å². The van der Waals surface area contributed by atoms with E-state index in [4.69, 9.17) is 5.11 Å². The van der Waals surface area contributed by atoms with Crippen LogP contribution in [-0.4, -0.2) is 27.8 Å². The number of hydrogen-bond donors (Lipinski definition) is 2. The molecular formula is C9H19O4P. The van der Waals surface area contributed by atoms with Crippen molar-refractivity contribution in [1.82, 2.24) is 0 Å². The van der Waals surface area contributed by atoms with Crippen LogP contribution in [0.3, 0.4) is 0 Å². The van der Waals surface area contributed by atoms with Gasteiger partial charge in [-0.3, -0.25) is 9.36 Å². The summed E-state index contributed by atoms with van der Waals surface area (Å²) < 4.78 is 11.5. The fourth-order valence-electron chi connectivity index (χ4n) is 1.13. The molecule has 4 nitrogen and oxygen atoms in total. The Hall–Kier alpha value is -0.340. The Kier molecular flexibility index (Phi) is 6.05. The van der Waals surface area contributed by atoms with E-state index in [1.165, 1.54) is 6.92 Å². The summed E-state index contributed by atoms with van der Waals surface area (Å²) >= 11 is 0. The summed E-state index contributed by atoms with van der Waals surface area (Å²) in [6.45, 7) is 3.35. The molecule has 0 aliphatic rings. The van der Waals surface area contributed by atoms with Gasteiger partial charge in [0.15, 0.2) is 0 Å². The third-order valence-electron chi connectivity index (χ3n) is 2.29. The highest BCUT2D eigenvalue weighted by Crippen LogP contribution is 2.46. The highest BCUT2D eigenvalue weighted by atomic mass is 31.2. The summed E-state index contributed by atoms with van der Waals surface area (Å²) in [5.41, 5.74) is -1.14. The van der Waals surface area contributed by atoms with E-state index in [1.54, 1.807) is 0 Å². The summed E-state index contributed by atoms with van der Waals surface area (Å²) in [5, 5.41) is 8.59. The smallest absolute Gasteiger partial charge is 0.316 e. The highest BCUT2D eigenvalue weighted by molar-refractivity contribution is 7.59. The molecule has 2 unspecified atom stereocenters. The lowest BCUT2D eigenvalue weighted by atomic mass is 10.2. The third-order valence-corrected chi connectivity index (χ3v) is 4.68. The second-order valence-corrected chi connectivity index (χ2v) is 6.29. The normalized spacial score (nSPS) is 17.4. The maximum atomic E-state index is 11.5. The monoisotopic (exact) mass is 222 g/mol. The fraction of sp³-hybridized carbons (Fsp3) is 0.889. The maximum absolute atomic E-state index is 11.5. The van der Waals surface area contributed by atoms with Crippen molar-refractivity contribution >= 4 is 13.3 Å².